The summed E-state index contributed by atoms with van der Waals surface area (Å²) in [6.45, 7) is 0. The Hall–Kier alpha value is -0.125. The number of nitrogens with two attached hydrogens (primary N) is 1. The predicted octanol–water partition coefficient (Wildman–Crippen LogP) is -1.18. The van der Waals surface area contributed by atoms with Crippen LogP contribution in [-0.2, 0) is 4.76 Å². The lowest BCUT2D eigenvalue weighted by atomic mass is 10.3. The van der Waals surface area contributed by atoms with E-state index in [0.717, 1.165) is 0 Å². The van der Waals surface area contributed by atoms with E-state index in [1.807, 2.05) is 0 Å². The van der Waals surface area contributed by atoms with Crippen LogP contribution in [0.25, 0.3) is 0 Å². The normalized spacial score (nSPS) is 7.80. The van der Waals surface area contributed by atoms with Gasteiger partial charge in [-0.05, 0) is 0 Å². The summed E-state index contributed by atoms with van der Waals surface area (Å²) in [7, 11) is -2.34. The molecule has 3 nitrogen and oxygen atoms in total. The predicted molar refractivity (Wildman–Crippen MR) is 14.4 cm³/mol. The molecule has 0 saturated heterocycles. The molecule has 0 aromatic carbocycles. The third-order valence-electron chi connectivity index (χ3n) is 0.112. The van der Waals surface area contributed by atoms with E-state index in [9.17, 15) is 4.32 Å². The molecule has 5 heavy (non-hydrogen) atoms. The van der Waals surface area contributed by atoms with Gasteiger partial charge in [0.25, 0.3) is 0 Å². The van der Waals surface area contributed by atoms with E-state index in [0.29, 0.717) is 0 Å². The first-order valence-corrected chi connectivity index (χ1v) is 0.948. The van der Waals surface area contributed by atoms with Gasteiger partial charge in [-0.1, -0.05) is 0 Å². The second-order valence-electron chi connectivity index (χ2n) is 0.428. The fourth-order valence-corrected chi connectivity index (χ4v) is 0. The van der Waals surface area contributed by atoms with Gasteiger partial charge in [0, 0.05) is 0 Å². The maximum Gasteiger partial charge on any atom is 0.694 e. The van der Waals surface area contributed by atoms with Crippen LogP contribution < -0.4 is 5.90 Å². The Morgan fingerprint density at radius 1 is 2.00 bits per heavy atom. The molecule has 0 aromatic heterocycles. The van der Waals surface area contributed by atoms with Crippen molar-refractivity contribution >= 4 is 7.40 Å². The van der Waals surface area contributed by atoms with Crippen LogP contribution in [0, 0.1) is 0 Å². The molecule has 0 rings (SSSR count). The lowest BCUT2D eigenvalue weighted by molar-refractivity contribution is 0.227. The highest BCUT2D eigenvalue weighted by atomic mass is 19.1. The largest absolute Gasteiger partial charge is 0.694 e. The standard InChI is InChI=1S/BFH3NO2/c2-1(4)5-3/h4H,3H2. The van der Waals surface area contributed by atoms with Crippen LogP contribution in [0.1, 0.15) is 0 Å². The zero-order chi connectivity index (χ0) is 4.28. The van der Waals surface area contributed by atoms with E-state index in [4.69, 9.17) is 5.02 Å². The van der Waals surface area contributed by atoms with Crippen LogP contribution in [0.5, 0.6) is 0 Å². The molecule has 0 radical (unpaired) electrons. The van der Waals surface area contributed by atoms with E-state index < -0.39 is 7.40 Å². The van der Waals surface area contributed by atoms with Gasteiger partial charge in [-0.15, -0.1) is 0 Å². The molecule has 0 unspecified atom stereocenters. The van der Waals surface area contributed by atoms with Crippen molar-refractivity contribution in [2.45, 2.75) is 0 Å². The average molecular weight is 78.8 g/mol. The molecule has 0 bridgehead atoms. The second kappa shape index (κ2) is 2.13. The molecule has 0 amide bonds. The molecule has 0 fully saturated rings. The Kier molecular flexibility index (Phi) is 2.08. The van der Waals surface area contributed by atoms with E-state index >= 15 is 0 Å². The second-order valence-corrected chi connectivity index (χ2v) is 0.428. The number of halogens is 1. The maximum atomic E-state index is 10.6. The molecule has 0 saturated carbocycles. The van der Waals surface area contributed by atoms with E-state index in [1.165, 1.54) is 0 Å². The zero-order valence-electron chi connectivity index (χ0n) is 2.39. The zero-order valence-corrected chi connectivity index (χ0v) is 2.39. The minimum atomic E-state index is -2.34. The van der Waals surface area contributed by atoms with Gasteiger partial charge in [0.15, 0.2) is 0 Å². The van der Waals surface area contributed by atoms with Crippen molar-refractivity contribution < 1.29 is 14.1 Å². The number of hydrogen-bond acceptors (Lipinski definition) is 3. The molecule has 0 spiro atoms. The van der Waals surface area contributed by atoms with Gasteiger partial charge in [-0.25, -0.2) is 5.90 Å². The Bertz CT molecular complexity index is 23.6. The van der Waals surface area contributed by atoms with Crippen LogP contribution in [0.15, 0.2) is 0 Å². The monoisotopic (exact) mass is 79.0 g/mol. The highest BCUT2D eigenvalue weighted by molar-refractivity contribution is 6.33. The summed E-state index contributed by atoms with van der Waals surface area (Å²) < 4.78 is 13.8. The number of hydrogen-bond donors (Lipinski definition) is 2. The van der Waals surface area contributed by atoms with Crippen molar-refractivity contribution in [3.63, 3.8) is 0 Å². The first-order chi connectivity index (χ1) is 2.27. The summed E-state index contributed by atoms with van der Waals surface area (Å²) in [6.07, 6.45) is 0. The molecule has 0 atom stereocenters. The first-order valence-electron chi connectivity index (χ1n) is 0.948. The minimum Gasteiger partial charge on any atom is -0.397 e. The van der Waals surface area contributed by atoms with E-state index in [-0.39, 0.29) is 0 Å². The molecular formula is H3BFNO2. The van der Waals surface area contributed by atoms with Gasteiger partial charge < -0.3 is 5.02 Å². The highest BCUT2D eigenvalue weighted by Crippen LogP contribution is 1.67. The molecule has 30 valence electrons. The van der Waals surface area contributed by atoms with Gasteiger partial charge in [-0.2, -0.15) is 0 Å². The summed E-state index contributed by atoms with van der Waals surface area (Å²) in [5.74, 6) is 4.05. The molecule has 0 aromatic rings. The lowest BCUT2D eigenvalue weighted by Crippen LogP contribution is -2.15. The van der Waals surface area contributed by atoms with Crippen LogP contribution in [0.4, 0.5) is 4.32 Å². The first kappa shape index (κ1) is 4.87. The van der Waals surface area contributed by atoms with Crippen molar-refractivity contribution in [3.05, 3.63) is 0 Å². The molecule has 0 heterocycles. The van der Waals surface area contributed by atoms with Gasteiger partial charge in [-0.3, -0.25) is 9.07 Å². The third kappa shape index (κ3) is 3.87. The fourth-order valence-electron chi connectivity index (χ4n) is 0. The molecule has 5 heteroatoms. The summed E-state index contributed by atoms with van der Waals surface area (Å²) in [5, 5.41) is 7.35. The molecule has 0 aliphatic carbocycles. The summed E-state index contributed by atoms with van der Waals surface area (Å²) in [4.78, 5) is 0. The van der Waals surface area contributed by atoms with Crippen molar-refractivity contribution in [1.29, 1.82) is 0 Å². The Morgan fingerprint density at radius 2 is 2.20 bits per heavy atom. The SMILES string of the molecule is NOB(O)F. The lowest BCUT2D eigenvalue weighted by Gasteiger charge is -1.81. The minimum absolute atomic E-state index is 2.34. The Morgan fingerprint density at radius 3 is 2.20 bits per heavy atom. The molecule has 3 N–H and O–H groups in total. The van der Waals surface area contributed by atoms with Gasteiger partial charge in [0.2, 0.25) is 0 Å². The number of rotatable bonds is 1. The highest BCUT2D eigenvalue weighted by Gasteiger charge is 2.06. The summed E-state index contributed by atoms with van der Waals surface area (Å²) in [6, 6.07) is 0. The fraction of sp³-hybridized carbons (Fsp3) is 0. The van der Waals surface area contributed by atoms with Crippen molar-refractivity contribution in [2.75, 3.05) is 0 Å². The topological polar surface area (TPSA) is 55.5 Å². The molecular weight excluding hydrogens is 75.8 g/mol. The van der Waals surface area contributed by atoms with Crippen molar-refractivity contribution in [3.8, 4) is 0 Å². The maximum absolute atomic E-state index is 10.6. The van der Waals surface area contributed by atoms with E-state index in [2.05, 4.69) is 10.7 Å². The van der Waals surface area contributed by atoms with Gasteiger partial charge >= 0.3 is 7.40 Å². The smallest absolute Gasteiger partial charge is 0.397 e. The summed E-state index contributed by atoms with van der Waals surface area (Å²) in [5.41, 5.74) is 0. The van der Waals surface area contributed by atoms with E-state index in [1.54, 1.807) is 0 Å². The van der Waals surface area contributed by atoms with Crippen molar-refractivity contribution in [2.24, 2.45) is 5.90 Å². The molecule has 0 aliphatic heterocycles. The Labute approximate surface area is 28.7 Å². The quantitative estimate of drug-likeness (QED) is 0.307. The molecule has 0 aliphatic rings. The van der Waals surface area contributed by atoms with Gasteiger partial charge in [0.05, 0.1) is 0 Å². The van der Waals surface area contributed by atoms with Crippen molar-refractivity contribution in [1.82, 2.24) is 0 Å². The summed E-state index contributed by atoms with van der Waals surface area (Å²) >= 11 is 0. The van der Waals surface area contributed by atoms with Crippen LogP contribution >= 0.6 is 0 Å². The Balaban J connectivity index is 2.54. The van der Waals surface area contributed by atoms with Crippen LogP contribution in [0.3, 0.4) is 0 Å². The average Bonchev–Trinajstić information content (AvgIpc) is 1.38. The van der Waals surface area contributed by atoms with Crippen LogP contribution in [-0.4, -0.2) is 12.4 Å². The van der Waals surface area contributed by atoms with Crippen LogP contribution in [0.2, 0.25) is 0 Å². The van der Waals surface area contributed by atoms with Gasteiger partial charge in [0.1, 0.15) is 0 Å². The third-order valence-corrected chi connectivity index (χ3v) is 0.112.